The van der Waals surface area contributed by atoms with Crippen LogP contribution >= 0.6 is 0 Å². The molecule has 0 radical (unpaired) electrons. The molecule has 3 heterocycles. The number of anilines is 1. The van der Waals surface area contributed by atoms with Crippen LogP contribution in [0, 0.1) is 11.8 Å². The average molecular weight is 271 g/mol. The Morgan fingerprint density at radius 1 is 1.30 bits per heavy atom. The fourth-order valence-electron chi connectivity index (χ4n) is 4.09. The van der Waals surface area contributed by atoms with Crippen LogP contribution in [0.15, 0.2) is 18.6 Å². The Labute approximate surface area is 118 Å². The molecule has 0 spiro atoms. The highest BCUT2D eigenvalue weighted by Crippen LogP contribution is 2.41. The van der Waals surface area contributed by atoms with Crippen molar-refractivity contribution in [3.8, 4) is 0 Å². The first kappa shape index (κ1) is 12.1. The van der Waals surface area contributed by atoms with Gasteiger partial charge in [0.15, 0.2) is 0 Å². The van der Waals surface area contributed by atoms with E-state index in [1.807, 2.05) is 6.20 Å². The van der Waals surface area contributed by atoms with Crippen LogP contribution in [0.4, 0.5) is 5.82 Å². The molecule has 1 unspecified atom stereocenters. The topological polar surface area (TPSA) is 56.8 Å². The van der Waals surface area contributed by atoms with Gasteiger partial charge in [-0.05, 0) is 44.2 Å². The molecular formula is C15H21N5. The lowest BCUT2D eigenvalue weighted by molar-refractivity contribution is 0.429. The molecule has 2 fully saturated rings. The first-order valence-electron chi connectivity index (χ1n) is 7.48. The van der Waals surface area contributed by atoms with Crippen LogP contribution in [0.3, 0.4) is 0 Å². The Kier molecular flexibility index (Phi) is 2.70. The van der Waals surface area contributed by atoms with Crippen molar-refractivity contribution in [1.29, 1.82) is 0 Å². The van der Waals surface area contributed by atoms with Gasteiger partial charge in [0.25, 0.3) is 0 Å². The summed E-state index contributed by atoms with van der Waals surface area (Å²) in [7, 11) is 2.18. The number of nitrogens with zero attached hydrogens (tertiary/aromatic N) is 3. The maximum absolute atomic E-state index is 4.52. The molecule has 4 atom stereocenters. The summed E-state index contributed by atoms with van der Waals surface area (Å²) >= 11 is 0. The lowest BCUT2D eigenvalue weighted by Crippen LogP contribution is -2.33. The van der Waals surface area contributed by atoms with Crippen molar-refractivity contribution >= 4 is 16.9 Å². The first-order chi connectivity index (χ1) is 9.74. The summed E-state index contributed by atoms with van der Waals surface area (Å²) in [6, 6.07) is 3.33. The van der Waals surface area contributed by atoms with Crippen LogP contribution in [0.25, 0.3) is 11.0 Å². The maximum atomic E-state index is 4.52. The largest absolute Gasteiger partial charge is 0.356 e. The maximum Gasteiger partial charge on any atom is 0.142 e. The number of hydrogen-bond donors (Lipinski definition) is 2. The van der Waals surface area contributed by atoms with Crippen molar-refractivity contribution in [3.05, 3.63) is 18.6 Å². The number of fused-ring (bicyclic) bond motifs is 2. The van der Waals surface area contributed by atoms with Crippen LogP contribution in [-0.2, 0) is 0 Å². The standard InChI is InChI=1S/C15H21N5/c1-9-13-6-11(5-10(13)7-17-9)20(2)15-12-3-4-16-14(12)18-8-19-15/h3-4,8-11,13,17H,5-7H2,1-2H3,(H,16,18,19)/t9?,10-,11+,13+/m0/s1. The lowest BCUT2D eigenvalue weighted by atomic mass is 9.95. The Balaban J connectivity index is 1.62. The Hall–Kier alpha value is -1.62. The SMILES string of the molecule is CC1NC[C@@H]2C[C@@H](N(C)c3ncnc4[nH]ccc34)C[C@H]12. The minimum atomic E-state index is 0.600. The molecule has 106 valence electrons. The Morgan fingerprint density at radius 3 is 3.05 bits per heavy atom. The van der Waals surface area contributed by atoms with Crippen molar-refractivity contribution in [2.75, 3.05) is 18.5 Å². The fraction of sp³-hybridized carbons (Fsp3) is 0.600. The molecule has 2 aliphatic rings. The molecule has 1 saturated carbocycles. The minimum absolute atomic E-state index is 0.600. The smallest absolute Gasteiger partial charge is 0.142 e. The second kappa shape index (κ2) is 4.45. The number of rotatable bonds is 2. The zero-order chi connectivity index (χ0) is 13.7. The van der Waals surface area contributed by atoms with E-state index in [9.17, 15) is 0 Å². The van der Waals surface area contributed by atoms with Gasteiger partial charge in [0.05, 0.1) is 5.39 Å². The Morgan fingerprint density at radius 2 is 2.20 bits per heavy atom. The van der Waals surface area contributed by atoms with E-state index in [0.717, 1.165) is 28.7 Å². The summed E-state index contributed by atoms with van der Waals surface area (Å²) in [6.45, 7) is 3.50. The highest BCUT2D eigenvalue weighted by molar-refractivity contribution is 5.87. The van der Waals surface area contributed by atoms with Gasteiger partial charge in [-0.3, -0.25) is 0 Å². The molecule has 4 rings (SSSR count). The number of nitrogens with one attached hydrogen (secondary N) is 2. The van der Waals surface area contributed by atoms with Crippen molar-refractivity contribution < 1.29 is 0 Å². The van der Waals surface area contributed by atoms with Gasteiger partial charge in [-0.1, -0.05) is 0 Å². The fourth-order valence-corrected chi connectivity index (χ4v) is 4.09. The normalized spacial score (nSPS) is 32.7. The molecule has 1 aliphatic heterocycles. The van der Waals surface area contributed by atoms with Gasteiger partial charge >= 0.3 is 0 Å². The van der Waals surface area contributed by atoms with E-state index in [1.165, 1.54) is 19.4 Å². The van der Waals surface area contributed by atoms with Crippen molar-refractivity contribution in [1.82, 2.24) is 20.3 Å². The molecule has 5 heteroatoms. The number of aromatic nitrogens is 3. The predicted molar refractivity (Wildman–Crippen MR) is 79.8 cm³/mol. The third-order valence-corrected chi connectivity index (χ3v) is 5.28. The van der Waals surface area contributed by atoms with Crippen LogP contribution in [-0.4, -0.2) is 40.6 Å². The van der Waals surface area contributed by atoms with Crippen LogP contribution < -0.4 is 10.2 Å². The minimum Gasteiger partial charge on any atom is -0.356 e. The molecule has 0 amide bonds. The molecule has 0 bridgehead atoms. The van der Waals surface area contributed by atoms with Gasteiger partial charge in [-0.2, -0.15) is 0 Å². The van der Waals surface area contributed by atoms with E-state index in [4.69, 9.17) is 0 Å². The zero-order valence-corrected chi connectivity index (χ0v) is 12.0. The molecule has 20 heavy (non-hydrogen) atoms. The van der Waals surface area contributed by atoms with E-state index in [1.54, 1.807) is 6.33 Å². The van der Waals surface area contributed by atoms with E-state index in [2.05, 4.69) is 45.2 Å². The third kappa shape index (κ3) is 1.73. The molecule has 2 N–H and O–H groups in total. The summed E-state index contributed by atoms with van der Waals surface area (Å²) in [5.41, 5.74) is 0.926. The van der Waals surface area contributed by atoms with Gasteiger partial charge in [0.1, 0.15) is 17.8 Å². The molecular weight excluding hydrogens is 250 g/mol. The molecule has 2 aromatic heterocycles. The second-order valence-corrected chi connectivity index (χ2v) is 6.29. The summed E-state index contributed by atoms with van der Waals surface area (Å²) in [4.78, 5) is 14.3. The first-order valence-corrected chi connectivity index (χ1v) is 7.48. The predicted octanol–water partition coefficient (Wildman–Crippen LogP) is 1.78. The summed E-state index contributed by atoms with van der Waals surface area (Å²) < 4.78 is 0. The molecule has 1 saturated heterocycles. The van der Waals surface area contributed by atoms with Gasteiger partial charge in [-0.25, -0.2) is 9.97 Å². The van der Waals surface area contributed by atoms with Crippen LogP contribution in [0.2, 0.25) is 0 Å². The van der Waals surface area contributed by atoms with E-state index in [-0.39, 0.29) is 0 Å². The third-order valence-electron chi connectivity index (χ3n) is 5.28. The molecule has 5 nitrogen and oxygen atoms in total. The number of H-pyrrole nitrogens is 1. The van der Waals surface area contributed by atoms with Gasteiger partial charge in [-0.15, -0.1) is 0 Å². The number of aromatic amines is 1. The lowest BCUT2D eigenvalue weighted by Gasteiger charge is -2.27. The summed E-state index contributed by atoms with van der Waals surface area (Å²) in [5.74, 6) is 2.72. The van der Waals surface area contributed by atoms with Crippen LogP contribution in [0.5, 0.6) is 0 Å². The summed E-state index contributed by atoms with van der Waals surface area (Å²) in [5, 5.41) is 4.72. The Bertz CT molecular complexity index is 622. The second-order valence-electron chi connectivity index (χ2n) is 6.29. The van der Waals surface area contributed by atoms with Crippen LogP contribution in [0.1, 0.15) is 19.8 Å². The average Bonchev–Trinajstić information content (AvgIpc) is 3.14. The van der Waals surface area contributed by atoms with Crippen molar-refractivity contribution in [2.45, 2.75) is 31.8 Å². The molecule has 2 aromatic rings. The van der Waals surface area contributed by atoms with Crippen molar-refractivity contribution in [2.24, 2.45) is 11.8 Å². The monoisotopic (exact) mass is 271 g/mol. The molecule has 1 aliphatic carbocycles. The highest BCUT2D eigenvalue weighted by atomic mass is 15.2. The van der Waals surface area contributed by atoms with Gasteiger partial charge < -0.3 is 15.2 Å². The van der Waals surface area contributed by atoms with E-state index >= 15 is 0 Å². The number of hydrogen-bond acceptors (Lipinski definition) is 4. The highest BCUT2D eigenvalue weighted by Gasteiger charge is 2.42. The quantitative estimate of drug-likeness (QED) is 0.874. The zero-order valence-electron chi connectivity index (χ0n) is 12.0. The van der Waals surface area contributed by atoms with Crippen molar-refractivity contribution in [3.63, 3.8) is 0 Å². The van der Waals surface area contributed by atoms with E-state index < -0.39 is 0 Å². The van der Waals surface area contributed by atoms with Gasteiger partial charge in [0.2, 0.25) is 0 Å². The summed E-state index contributed by atoms with van der Waals surface area (Å²) in [6.07, 6.45) is 6.14. The molecule has 0 aromatic carbocycles. The van der Waals surface area contributed by atoms with Gasteiger partial charge in [0, 0.05) is 25.3 Å². The van der Waals surface area contributed by atoms with E-state index in [0.29, 0.717) is 12.1 Å².